The summed E-state index contributed by atoms with van der Waals surface area (Å²) in [7, 11) is 2.03. The van der Waals surface area contributed by atoms with Crippen LogP contribution in [0.2, 0.25) is 0 Å². The van der Waals surface area contributed by atoms with Crippen molar-refractivity contribution in [3.63, 3.8) is 0 Å². The van der Waals surface area contributed by atoms with Gasteiger partial charge in [0.1, 0.15) is 0 Å². The molecule has 0 fully saturated rings. The number of benzene rings is 2. The molecular weight excluding hydrogens is 502 g/mol. The van der Waals surface area contributed by atoms with Crippen LogP contribution in [-0.2, 0) is 16.1 Å². The molecule has 3 aliphatic rings. The molecule has 7 heteroatoms. The number of aromatic nitrogens is 1. The summed E-state index contributed by atoms with van der Waals surface area (Å²) in [5.41, 5.74) is 6.31. The summed E-state index contributed by atoms with van der Waals surface area (Å²) in [6.45, 7) is 9.10. The second-order valence-corrected chi connectivity index (χ2v) is 13.2. The van der Waals surface area contributed by atoms with Crippen molar-refractivity contribution >= 4 is 28.2 Å². The van der Waals surface area contributed by atoms with Gasteiger partial charge in [-0.15, -0.1) is 0 Å². The maximum atomic E-state index is 13.9. The average Bonchev–Trinajstić information content (AvgIpc) is 3.22. The SMILES string of the molecule is CN1C2=C(C(=O)CC(C)(C)C2)C(c2cn(Cc3ccc([N+](=O)[O-])cc3)c3ccccc23)C2=C1CC(C)(C)CC2=O. The van der Waals surface area contributed by atoms with Crippen molar-refractivity contribution in [1.82, 2.24) is 9.47 Å². The largest absolute Gasteiger partial charge is 0.351 e. The van der Waals surface area contributed by atoms with Gasteiger partial charge in [-0.05, 0) is 40.9 Å². The molecule has 0 atom stereocenters. The minimum Gasteiger partial charge on any atom is -0.351 e. The van der Waals surface area contributed by atoms with Gasteiger partial charge in [0, 0.05) is 84.1 Å². The van der Waals surface area contributed by atoms with E-state index in [0.29, 0.717) is 19.4 Å². The predicted octanol–water partition coefficient (Wildman–Crippen LogP) is 6.91. The lowest BCUT2D eigenvalue weighted by atomic mass is 9.64. The van der Waals surface area contributed by atoms with E-state index in [0.717, 1.165) is 57.4 Å². The van der Waals surface area contributed by atoms with Crippen LogP contribution in [0, 0.1) is 20.9 Å². The molecule has 0 amide bonds. The number of rotatable bonds is 4. The first kappa shape index (κ1) is 26.2. The highest BCUT2D eigenvalue weighted by Crippen LogP contribution is 2.54. The van der Waals surface area contributed by atoms with Crippen molar-refractivity contribution in [3.8, 4) is 0 Å². The molecule has 206 valence electrons. The van der Waals surface area contributed by atoms with E-state index < -0.39 is 10.8 Å². The first-order chi connectivity index (χ1) is 18.8. The maximum Gasteiger partial charge on any atom is 0.269 e. The molecular formula is C33H35N3O4. The highest BCUT2D eigenvalue weighted by molar-refractivity contribution is 6.08. The molecule has 7 nitrogen and oxygen atoms in total. The lowest BCUT2D eigenvalue weighted by Crippen LogP contribution is -2.43. The van der Waals surface area contributed by atoms with Crippen LogP contribution in [0.5, 0.6) is 0 Å². The highest BCUT2D eigenvalue weighted by Gasteiger charge is 2.48. The highest BCUT2D eigenvalue weighted by atomic mass is 16.6. The van der Waals surface area contributed by atoms with E-state index in [1.165, 1.54) is 12.1 Å². The van der Waals surface area contributed by atoms with E-state index in [-0.39, 0.29) is 28.1 Å². The number of hydrogen-bond donors (Lipinski definition) is 0. The number of carbonyl (C=O) groups is 2. The van der Waals surface area contributed by atoms with Crippen LogP contribution in [0.3, 0.4) is 0 Å². The molecule has 6 rings (SSSR count). The van der Waals surface area contributed by atoms with E-state index in [9.17, 15) is 19.7 Å². The Morgan fingerprint density at radius 3 is 1.95 bits per heavy atom. The number of ketones is 2. The standard InChI is InChI=1S/C33H35N3O4/c1-32(2)14-25-30(27(37)16-32)29(31-26(34(25)5)15-33(3,4)17-28(31)38)23-19-35(24-9-7-6-8-22(23)24)18-20-10-12-21(13-11-20)36(39)40/h6-13,19,29H,14-18H2,1-5H3. The zero-order valence-corrected chi connectivity index (χ0v) is 23.8. The van der Waals surface area contributed by atoms with Crippen LogP contribution in [0.4, 0.5) is 5.69 Å². The van der Waals surface area contributed by atoms with Crippen molar-refractivity contribution in [2.24, 2.45) is 10.8 Å². The van der Waals surface area contributed by atoms with Gasteiger partial charge in [-0.2, -0.15) is 0 Å². The minimum absolute atomic E-state index is 0.0598. The fraction of sp³-hybridized carbons (Fsp3) is 0.394. The van der Waals surface area contributed by atoms with Gasteiger partial charge in [-0.25, -0.2) is 0 Å². The summed E-state index contributed by atoms with van der Waals surface area (Å²) < 4.78 is 2.14. The van der Waals surface area contributed by atoms with E-state index in [1.54, 1.807) is 12.1 Å². The number of nitro groups is 1. The number of non-ortho nitro benzene ring substituents is 1. The molecule has 0 radical (unpaired) electrons. The lowest BCUT2D eigenvalue weighted by Gasteiger charge is -2.47. The number of carbonyl (C=O) groups excluding carboxylic acids is 2. The molecule has 1 aromatic heterocycles. The molecule has 0 bridgehead atoms. The Balaban J connectivity index is 1.55. The zero-order chi connectivity index (χ0) is 28.6. The van der Waals surface area contributed by atoms with E-state index in [1.807, 2.05) is 19.2 Å². The second kappa shape index (κ2) is 9.01. The molecule has 40 heavy (non-hydrogen) atoms. The van der Waals surface area contributed by atoms with Crippen molar-refractivity contribution in [2.45, 2.75) is 65.8 Å². The van der Waals surface area contributed by atoms with Crippen molar-refractivity contribution < 1.29 is 14.5 Å². The second-order valence-electron chi connectivity index (χ2n) is 13.2. The molecule has 2 aromatic carbocycles. The van der Waals surface area contributed by atoms with Crippen LogP contribution in [0.15, 0.2) is 77.3 Å². The van der Waals surface area contributed by atoms with Gasteiger partial charge < -0.3 is 9.47 Å². The Morgan fingerprint density at radius 1 is 0.850 bits per heavy atom. The molecule has 2 aliphatic carbocycles. The number of nitrogens with zero attached hydrogens (tertiary/aromatic N) is 3. The number of nitro benzene ring substituents is 1. The summed E-state index contributed by atoms with van der Waals surface area (Å²) in [5.74, 6) is -0.157. The fourth-order valence-electron chi connectivity index (χ4n) is 7.03. The number of fused-ring (bicyclic) bond motifs is 1. The zero-order valence-electron chi connectivity index (χ0n) is 23.8. The van der Waals surface area contributed by atoms with Crippen molar-refractivity contribution in [2.75, 3.05) is 7.05 Å². The first-order valence-corrected chi connectivity index (χ1v) is 13.9. The lowest BCUT2D eigenvalue weighted by molar-refractivity contribution is -0.384. The Morgan fingerprint density at radius 2 is 1.40 bits per heavy atom. The van der Waals surface area contributed by atoms with E-state index in [2.05, 4.69) is 55.5 Å². The number of para-hydroxylation sites is 1. The molecule has 0 saturated carbocycles. The van der Waals surface area contributed by atoms with Gasteiger partial charge in [0.15, 0.2) is 11.6 Å². The van der Waals surface area contributed by atoms with Crippen molar-refractivity contribution in [1.29, 1.82) is 0 Å². The summed E-state index contributed by atoms with van der Waals surface area (Å²) >= 11 is 0. The van der Waals surface area contributed by atoms with E-state index in [4.69, 9.17) is 0 Å². The Bertz CT molecular complexity index is 1600. The molecule has 0 spiro atoms. The third-order valence-corrected chi connectivity index (χ3v) is 8.81. The number of Topliss-reactive ketones (excluding diaryl/α,β-unsaturated/α-hetero) is 2. The summed E-state index contributed by atoms with van der Waals surface area (Å²) in [4.78, 5) is 40.8. The van der Waals surface area contributed by atoms with Crippen LogP contribution < -0.4 is 0 Å². The third kappa shape index (κ3) is 4.28. The van der Waals surface area contributed by atoms with Crippen LogP contribution >= 0.6 is 0 Å². The Labute approximate surface area is 234 Å². The molecule has 2 heterocycles. The van der Waals surface area contributed by atoms with Gasteiger partial charge in [-0.1, -0.05) is 58.0 Å². The molecule has 0 N–H and O–H groups in total. The Hall–Kier alpha value is -4.00. The Kier molecular flexibility index (Phi) is 5.91. The summed E-state index contributed by atoms with van der Waals surface area (Å²) in [6, 6.07) is 14.7. The van der Waals surface area contributed by atoms with E-state index >= 15 is 0 Å². The van der Waals surface area contributed by atoms with Crippen LogP contribution in [-0.4, -0.2) is 33.0 Å². The van der Waals surface area contributed by atoms with Gasteiger partial charge in [-0.3, -0.25) is 19.7 Å². The normalized spacial score (nSPS) is 20.7. The van der Waals surface area contributed by atoms with Crippen LogP contribution in [0.25, 0.3) is 10.9 Å². The number of hydrogen-bond acceptors (Lipinski definition) is 5. The molecule has 0 unspecified atom stereocenters. The molecule has 0 saturated heterocycles. The summed E-state index contributed by atoms with van der Waals surface area (Å²) in [6.07, 6.45) is 4.58. The molecule has 1 aliphatic heterocycles. The monoisotopic (exact) mass is 537 g/mol. The summed E-state index contributed by atoms with van der Waals surface area (Å²) in [5, 5.41) is 12.2. The van der Waals surface area contributed by atoms with Crippen LogP contribution in [0.1, 0.15) is 70.4 Å². The van der Waals surface area contributed by atoms with Gasteiger partial charge >= 0.3 is 0 Å². The first-order valence-electron chi connectivity index (χ1n) is 13.9. The topological polar surface area (TPSA) is 85.4 Å². The molecule has 3 aromatic rings. The predicted molar refractivity (Wildman–Crippen MR) is 155 cm³/mol. The smallest absolute Gasteiger partial charge is 0.269 e. The van der Waals surface area contributed by atoms with Gasteiger partial charge in [0.05, 0.1) is 4.92 Å². The minimum atomic E-state index is -0.406. The van der Waals surface area contributed by atoms with Crippen molar-refractivity contribution in [3.05, 3.63) is 98.5 Å². The average molecular weight is 538 g/mol. The van der Waals surface area contributed by atoms with Gasteiger partial charge in [0.25, 0.3) is 5.69 Å². The third-order valence-electron chi connectivity index (χ3n) is 8.81. The number of allylic oxidation sites excluding steroid dienone is 4. The quantitative estimate of drug-likeness (QED) is 0.267. The maximum absolute atomic E-state index is 13.9. The fourth-order valence-corrected chi connectivity index (χ4v) is 7.03. The van der Waals surface area contributed by atoms with Gasteiger partial charge in [0.2, 0.25) is 0 Å².